The van der Waals surface area contributed by atoms with Gasteiger partial charge in [0, 0.05) is 33.8 Å². The van der Waals surface area contributed by atoms with Crippen LogP contribution in [0.25, 0.3) is 21.3 Å². The molecule has 4 aromatic rings. The molecular formula is C22H16ClN3O2S. The van der Waals surface area contributed by atoms with Crippen LogP contribution in [0.3, 0.4) is 0 Å². The Labute approximate surface area is 177 Å². The van der Waals surface area contributed by atoms with E-state index in [2.05, 4.69) is 16.4 Å². The van der Waals surface area contributed by atoms with Crippen LogP contribution in [0.2, 0.25) is 5.02 Å². The van der Waals surface area contributed by atoms with E-state index in [0.29, 0.717) is 33.3 Å². The van der Waals surface area contributed by atoms with Crippen molar-refractivity contribution in [3.63, 3.8) is 0 Å². The van der Waals surface area contributed by atoms with Gasteiger partial charge in [-0.2, -0.15) is 5.26 Å². The Morgan fingerprint density at radius 1 is 1.10 bits per heavy atom. The van der Waals surface area contributed by atoms with Crippen molar-refractivity contribution in [1.29, 1.82) is 5.26 Å². The molecule has 144 valence electrons. The summed E-state index contributed by atoms with van der Waals surface area (Å²) in [4.78, 5) is 5.48. The number of anilines is 2. The third kappa shape index (κ3) is 3.58. The van der Waals surface area contributed by atoms with Crippen molar-refractivity contribution >= 4 is 45.2 Å². The van der Waals surface area contributed by atoms with Crippen LogP contribution >= 0.6 is 22.9 Å². The average Bonchev–Trinajstić information content (AvgIpc) is 3.27. The molecule has 1 N–H and O–H groups in total. The number of hydrogen-bond acceptors (Lipinski definition) is 6. The van der Waals surface area contributed by atoms with E-state index in [-0.39, 0.29) is 0 Å². The maximum atomic E-state index is 9.60. The van der Waals surface area contributed by atoms with Crippen LogP contribution in [-0.2, 0) is 0 Å². The van der Waals surface area contributed by atoms with Gasteiger partial charge in [-0.3, -0.25) is 4.98 Å². The Kier molecular flexibility index (Phi) is 5.26. The molecule has 0 fully saturated rings. The highest BCUT2D eigenvalue weighted by Gasteiger charge is 2.15. The van der Waals surface area contributed by atoms with Gasteiger partial charge in [-0.1, -0.05) is 17.7 Å². The predicted molar refractivity (Wildman–Crippen MR) is 118 cm³/mol. The first kappa shape index (κ1) is 19.1. The molecular weight excluding hydrogens is 406 g/mol. The smallest absolute Gasteiger partial charge is 0.162 e. The third-order valence-corrected chi connectivity index (χ3v) is 5.73. The fourth-order valence-electron chi connectivity index (χ4n) is 3.11. The average molecular weight is 422 g/mol. The molecule has 7 heteroatoms. The van der Waals surface area contributed by atoms with Gasteiger partial charge in [0.05, 0.1) is 36.0 Å². The maximum Gasteiger partial charge on any atom is 0.162 e. The Bertz CT molecular complexity index is 1230. The zero-order valence-electron chi connectivity index (χ0n) is 15.7. The number of nitrogens with zero attached hydrogens (tertiary/aromatic N) is 2. The van der Waals surface area contributed by atoms with E-state index in [1.54, 1.807) is 31.6 Å². The highest BCUT2D eigenvalue weighted by Crippen LogP contribution is 2.38. The van der Waals surface area contributed by atoms with E-state index >= 15 is 0 Å². The summed E-state index contributed by atoms with van der Waals surface area (Å²) in [6, 6.07) is 15.6. The fourth-order valence-corrected chi connectivity index (χ4v) is 4.21. The van der Waals surface area contributed by atoms with Crippen LogP contribution in [0.1, 0.15) is 5.56 Å². The molecule has 0 amide bonds. The van der Waals surface area contributed by atoms with Gasteiger partial charge in [0.1, 0.15) is 6.07 Å². The van der Waals surface area contributed by atoms with Gasteiger partial charge in [0.2, 0.25) is 0 Å². The second kappa shape index (κ2) is 8.00. The predicted octanol–water partition coefficient (Wildman–Crippen LogP) is 6.25. The minimum atomic E-state index is 0.420. The van der Waals surface area contributed by atoms with Crippen LogP contribution in [0.4, 0.5) is 11.4 Å². The Balaban J connectivity index is 1.81. The van der Waals surface area contributed by atoms with E-state index in [1.807, 2.05) is 41.8 Å². The summed E-state index contributed by atoms with van der Waals surface area (Å²) in [6.07, 6.45) is 1.54. The Hall–Kier alpha value is -3.27. The lowest BCUT2D eigenvalue weighted by Gasteiger charge is -2.15. The molecule has 0 radical (unpaired) electrons. The fraction of sp³-hybridized carbons (Fsp3) is 0.0909. The molecule has 0 aliphatic carbocycles. The number of thiophene rings is 1. The lowest BCUT2D eigenvalue weighted by atomic mass is 10.1. The standard InChI is InChI=1S/C22H16ClN3O2S/c1-27-19-9-16-18(10-20(19)28-2)25-12-13(11-24)22(16)26-14-5-6-15(17(23)8-14)21-4-3-7-29-21/h3-10,12H,1-2H3,(H,25,26). The monoisotopic (exact) mass is 421 g/mol. The highest BCUT2D eigenvalue weighted by atomic mass is 35.5. The van der Waals surface area contributed by atoms with Gasteiger partial charge >= 0.3 is 0 Å². The van der Waals surface area contributed by atoms with Crippen LogP contribution in [-0.4, -0.2) is 19.2 Å². The Morgan fingerprint density at radius 2 is 1.90 bits per heavy atom. The zero-order valence-corrected chi connectivity index (χ0v) is 17.3. The second-order valence-electron chi connectivity index (χ2n) is 6.18. The molecule has 0 unspecified atom stereocenters. The van der Waals surface area contributed by atoms with Gasteiger partial charge < -0.3 is 14.8 Å². The van der Waals surface area contributed by atoms with E-state index < -0.39 is 0 Å². The number of benzene rings is 2. The summed E-state index contributed by atoms with van der Waals surface area (Å²) in [5, 5.41) is 16.3. The molecule has 0 aliphatic rings. The molecule has 0 atom stereocenters. The number of halogens is 1. The van der Waals surface area contributed by atoms with Crippen molar-refractivity contribution in [3.8, 4) is 28.0 Å². The number of nitrogens with one attached hydrogen (secondary N) is 1. The van der Waals surface area contributed by atoms with Crippen molar-refractivity contribution < 1.29 is 9.47 Å². The van der Waals surface area contributed by atoms with Crippen molar-refractivity contribution in [2.45, 2.75) is 0 Å². The van der Waals surface area contributed by atoms with E-state index in [4.69, 9.17) is 21.1 Å². The first-order valence-corrected chi connectivity index (χ1v) is 9.95. The summed E-state index contributed by atoms with van der Waals surface area (Å²) in [6.45, 7) is 0. The summed E-state index contributed by atoms with van der Waals surface area (Å²) in [7, 11) is 3.14. The maximum absolute atomic E-state index is 9.60. The van der Waals surface area contributed by atoms with Gasteiger partial charge in [-0.25, -0.2) is 0 Å². The molecule has 29 heavy (non-hydrogen) atoms. The van der Waals surface area contributed by atoms with E-state index in [9.17, 15) is 5.26 Å². The van der Waals surface area contributed by atoms with E-state index in [0.717, 1.165) is 21.5 Å². The lowest BCUT2D eigenvalue weighted by molar-refractivity contribution is 0.356. The lowest BCUT2D eigenvalue weighted by Crippen LogP contribution is -1.98. The van der Waals surface area contributed by atoms with Crippen molar-refractivity contribution in [2.24, 2.45) is 0 Å². The molecule has 5 nitrogen and oxygen atoms in total. The van der Waals surface area contributed by atoms with Crippen LogP contribution in [0, 0.1) is 11.3 Å². The minimum absolute atomic E-state index is 0.420. The Morgan fingerprint density at radius 3 is 2.55 bits per heavy atom. The van der Waals surface area contributed by atoms with Gasteiger partial charge in [-0.05, 0) is 35.7 Å². The number of ether oxygens (including phenoxy) is 2. The number of nitriles is 1. The van der Waals surface area contributed by atoms with Crippen LogP contribution in [0.15, 0.2) is 54.0 Å². The van der Waals surface area contributed by atoms with E-state index in [1.165, 1.54) is 6.20 Å². The van der Waals surface area contributed by atoms with Crippen molar-refractivity contribution in [2.75, 3.05) is 19.5 Å². The molecule has 2 aromatic heterocycles. The molecule has 2 aromatic carbocycles. The summed E-state index contributed by atoms with van der Waals surface area (Å²) in [5.41, 5.74) is 3.49. The van der Waals surface area contributed by atoms with Crippen molar-refractivity contribution in [3.05, 3.63) is 64.6 Å². The highest BCUT2D eigenvalue weighted by molar-refractivity contribution is 7.13. The number of pyridine rings is 1. The minimum Gasteiger partial charge on any atom is -0.493 e. The van der Waals surface area contributed by atoms with Crippen molar-refractivity contribution in [1.82, 2.24) is 4.98 Å². The third-order valence-electron chi connectivity index (χ3n) is 4.52. The largest absolute Gasteiger partial charge is 0.493 e. The number of rotatable bonds is 5. The topological polar surface area (TPSA) is 67.2 Å². The van der Waals surface area contributed by atoms with Crippen LogP contribution < -0.4 is 14.8 Å². The first-order valence-electron chi connectivity index (χ1n) is 8.70. The number of fused-ring (bicyclic) bond motifs is 1. The number of aromatic nitrogens is 1. The summed E-state index contributed by atoms with van der Waals surface area (Å²) in [5.74, 6) is 1.14. The molecule has 4 rings (SSSR count). The van der Waals surface area contributed by atoms with Gasteiger partial charge in [0.15, 0.2) is 11.5 Å². The second-order valence-corrected chi connectivity index (χ2v) is 7.53. The van der Waals surface area contributed by atoms with Gasteiger partial charge in [0.25, 0.3) is 0 Å². The number of hydrogen-bond donors (Lipinski definition) is 1. The molecule has 0 saturated heterocycles. The first-order chi connectivity index (χ1) is 14.1. The molecule has 0 aliphatic heterocycles. The molecule has 2 heterocycles. The quantitative estimate of drug-likeness (QED) is 0.412. The number of methoxy groups -OCH3 is 2. The molecule has 0 spiro atoms. The van der Waals surface area contributed by atoms with Gasteiger partial charge in [-0.15, -0.1) is 11.3 Å². The normalized spacial score (nSPS) is 10.6. The SMILES string of the molecule is COc1cc2ncc(C#N)c(Nc3ccc(-c4cccs4)c(Cl)c3)c2cc1OC. The summed E-state index contributed by atoms with van der Waals surface area (Å²) >= 11 is 8.15. The van der Waals surface area contributed by atoms with Crippen LogP contribution in [0.5, 0.6) is 11.5 Å². The summed E-state index contributed by atoms with van der Waals surface area (Å²) < 4.78 is 10.8. The zero-order chi connectivity index (χ0) is 20.4. The molecule has 0 saturated carbocycles. The molecule has 0 bridgehead atoms.